The van der Waals surface area contributed by atoms with Crippen LogP contribution in [0.4, 0.5) is 11.4 Å². The normalized spacial score (nSPS) is 20.4. The molecule has 0 aliphatic carbocycles. The molecule has 1 atom stereocenters. The Morgan fingerprint density at radius 3 is 3.14 bits per heavy atom. The van der Waals surface area contributed by atoms with E-state index in [2.05, 4.69) is 15.6 Å². The molecule has 0 radical (unpaired) electrons. The second kappa shape index (κ2) is 3.33. The lowest BCUT2D eigenvalue weighted by molar-refractivity contribution is -0.116. The molecule has 14 heavy (non-hydrogen) atoms. The van der Waals surface area contributed by atoms with Gasteiger partial charge in [-0.05, 0) is 12.4 Å². The van der Waals surface area contributed by atoms with E-state index >= 15 is 0 Å². The van der Waals surface area contributed by atoms with Crippen LogP contribution in [0.15, 0.2) is 12.4 Å². The molecule has 0 fully saturated rings. The van der Waals surface area contributed by atoms with E-state index in [-0.39, 0.29) is 11.9 Å². The largest absolute Gasteiger partial charge is 0.381 e. The number of carbonyl (C=O) groups excluding carboxylic acids is 1. The minimum atomic E-state index is 0.0381. The number of carbonyl (C=O) groups is 1. The lowest BCUT2D eigenvalue weighted by Crippen LogP contribution is -2.21. The molecule has 0 aromatic carbocycles. The minimum Gasteiger partial charge on any atom is -0.381 e. The summed E-state index contributed by atoms with van der Waals surface area (Å²) in [6.45, 7) is 1.99. The Balaban J connectivity index is 2.46. The SMILES string of the molecule is Bc1cncc2c1N[C@H](C)CC(=O)N2. The summed E-state index contributed by atoms with van der Waals surface area (Å²) in [4.78, 5) is 15.4. The summed E-state index contributed by atoms with van der Waals surface area (Å²) in [6.07, 6.45) is 3.95. The van der Waals surface area contributed by atoms with Gasteiger partial charge in [0.2, 0.25) is 5.91 Å². The zero-order valence-corrected chi connectivity index (χ0v) is 8.29. The maximum absolute atomic E-state index is 11.4. The van der Waals surface area contributed by atoms with Gasteiger partial charge in [-0.1, -0.05) is 0 Å². The van der Waals surface area contributed by atoms with Crippen LogP contribution in [0.2, 0.25) is 0 Å². The third-order valence-corrected chi connectivity index (χ3v) is 2.29. The summed E-state index contributed by atoms with van der Waals surface area (Å²) >= 11 is 0. The van der Waals surface area contributed by atoms with Crippen LogP contribution in [0.3, 0.4) is 0 Å². The van der Waals surface area contributed by atoms with Crippen molar-refractivity contribution in [1.82, 2.24) is 4.98 Å². The van der Waals surface area contributed by atoms with Crippen LogP contribution >= 0.6 is 0 Å². The van der Waals surface area contributed by atoms with E-state index < -0.39 is 0 Å². The lowest BCUT2D eigenvalue weighted by Gasteiger charge is -2.13. The zero-order chi connectivity index (χ0) is 10.1. The molecule has 0 unspecified atom stereocenters. The second-order valence-electron chi connectivity index (χ2n) is 3.68. The number of hydrogen-bond donors (Lipinski definition) is 2. The van der Waals surface area contributed by atoms with Crippen LogP contribution in [0.1, 0.15) is 13.3 Å². The molecule has 1 aromatic rings. The Kier molecular flexibility index (Phi) is 2.15. The van der Waals surface area contributed by atoms with E-state index in [1.165, 1.54) is 0 Å². The highest BCUT2D eigenvalue weighted by atomic mass is 16.1. The van der Waals surface area contributed by atoms with E-state index in [1.807, 2.05) is 14.8 Å². The number of fused-ring (bicyclic) bond motifs is 1. The Hall–Kier alpha value is -1.52. The van der Waals surface area contributed by atoms with Gasteiger partial charge in [0, 0.05) is 18.7 Å². The van der Waals surface area contributed by atoms with E-state index in [4.69, 9.17) is 0 Å². The van der Waals surface area contributed by atoms with Crippen molar-refractivity contribution >= 4 is 30.6 Å². The molecule has 0 bridgehead atoms. The van der Waals surface area contributed by atoms with Crippen molar-refractivity contribution in [3.63, 3.8) is 0 Å². The first kappa shape index (κ1) is 9.06. The number of rotatable bonds is 0. The quantitative estimate of drug-likeness (QED) is 0.540. The van der Waals surface area contributed by atoms with Gasteiger partial charge in [-0.15, -0.1) is 0 Å². The average Bonchev–Trinajstić information content (AvgIpc) is 2.23. The maximum atomic E-state index is 11.4. The molecular formula is C9H12BN3O. The smallest absolute Gasteiger partial charge is 0.226 e. The number of hydrogen-bond acceptors (Lipinski definition) is 3. The maximum Gasteiger partial charge on any atom is 0.226 e. The van der Waals surface area contributed by atoms with Crippen molar-refractivity contribution in [3.8, 4) is 0 Å². The van der Waals surface area contributed by atoms with Gasteiger partial charge >= 0.3 is 0 Å². The number of nitrogens with zero attached hydrogens (tertiary/aromatic N) is 1. The summed E-state index contributed by atoms with van der Waals surface area (Å²) in [5.74, 6) is 0.0381. The molecule has 1 aromatic heterocycles. The Labute approximate surface area is 83.5 Å². The van der Waals surface area contributed by atoms with E-state index in [0.29, 0.717) is 6.42 Å². The van der Waals surface area contributed by atoms with Gasteiger partial charge in [0.25, 0.3) is 0 Å². The predicted octanol–water partition coefficient (Wildman–Crippen LogP) is -0.517. The number of nitrogens with one attached hydrogen (secondary N) is 2. The van der Waals surface area contributed by atoms with Crippen molar-refractivity contribution in [1.29, 1.82) is 0 Å². The van der Waals surface area contributed by atoms with Gasteiger partial charge in [0.1, 0.15) is 7.85 Å². The number of aromatic nitrogens is 1. The van der Waals surface area contributed by atoms with Crippen molar-refractivity contribution in [3.05, 3.63) is 12.4 Å². The number of amides is 1. The van der Waals surface area contributed by atoms with Crippen LogP contribution < -0.4 is 16.1 Å². The first-order valence-electron chi connectivity index (χ1n) is 4.68. The highest BCUT2D eigenvalue weighted by Gasteiger charge is 2.18. The van der Waals surface area contributed by atoms with Crippen molar-refractivity contribution in [2.75, 3.05) is 10.6 Å². The van der Waals surface area contributed by atoms with Crippen LogP contribution in [-0.4, -0.2) is 24.8 Å². The summed E-state index contributed by atoms with van der Waals surface area (Å²) in [5.41, 5.74) is 2.81. The van der Waals surface area contributed by atoms with Gasteiger partial charge in [0.05, 0.1) is 17.6 Å². The molecule has 1 amide bonds. The van der Waals surface area contributed by atoms with Gasteiger partial charge < -0.3 is 10.6 Å². The highest BCUT2D eigenvalue weighted by molar-refractivity contribution is 6.36. The number of anilines is 2. The van der Waals surface area contributed by atoms with Crippen LogP contribution in [0.25, 0.3) is 0 Å². The predicted molar refractivity (Wildman–Crippen MR) is 58.7 cm³/mol. The Morgan fingerprint density at radius 1 is 1.57 bits per heavy atom. The van der Waals surface area contributed by atoms with Crippen molar-refractivity contribution < 1.29 is 4.79 Å². The standard InChI is InChI=1S/C9H12BN3O/c1-5-2-8(14)13-7-4-11-3-6(10)9(7)12-5/h3-5,12H,2,10H2,1H3,(H,13,14)/t5-/m1/s1. The number of pyridine rings is 1. The fourth-order valence-corrected chi connectivity index (χ4v) is 1.63. The van der Waals surface area contributed by atoms with Gasteiger partial charge in [0.15, 0.2) is 0 Å². The van der Waals surface area contributed by atoms with Gasteiger partial charge in [-0.3, -0.25) is 9.78 Å². The topological polar surface area (TPSA) is 54.0 Å². The van der Waals surface area contributed by atoms with E-state index in [1.54, 1.807) is 12.4 Å². The fraction of sp³-hybridized carbons (Fsp3) is 0.333. The first-order chi connectivity index (χ1) is 6.66. The zero-order valence-electron chi connectivity index (χ0n) is 8.29. The molecule has 1 aliphatic heterocycles. The third-order valence-electron chi connectivity index (χ3n) is 2.29. The summed E-state index contributed by atoms with van der Waals surface area (Å²) < 4.78 is 0. The first-order valence-corrected chi connectivity index (χ1v) is 4.68. The molecule has 2 rings (SSSR count). The van der Waals surface area contributed by atoms with E-state index in [0.717, 1.165) is 16.8 Å². The minimum absolute atomic E-state index is 0.0381. The molecule has 2 heterocycles. The molecular weight excluding hydrogens is 177 g/mol. The van der Waals surface area contributed by atoms with Crippen molar-refractivity contribution in [2.24, 2.45) is 0 Å². The molecule has 0 saturated heterocycles. The van der Waals surface area contributed by atoms with E-state index in [9.17, 15) is 4.79 Å². The summed E-state index contributed by atoms with van der Waals surface area (Å²) in [5, 5.41) is 6.13. The van der Waals surface area contributed by atoms with Crippen LogP contribution in [0, 0.1) is 0 Å². The molecule has 2 N–H and O–H groups in total. The van der Waals surface area contributed by atoms with Gasteiger partial charge in [-0.2, -0.15) is 0 Å². The Morgan fingerprint density at radius 2 is 2.36 bits per heavy atom. The molecule has 72 valence electrons. The molecule has 4 nitrogen and oxygen atoms in total. The van der Waals surface area contributed by atoms with Gasteiger partial charge in [-0.25, -0.2) is 0 Å². The summed E-state index contributed by atoms with van der Waals surface area (Å²) in [6, 6.07) is 0.164. The molecule has 1 aliphatic rings. The molecule has 0 spiro atoms. The second-order valence-corrected chi connectivity index (χ2v) is 3.68. The highest BCUT2D eigenvalue weighted by Crippen LogP contribution is 2.22. The third kappa shape index (κ3) is 1.57. The van der Waals surface area contributed by atoms with Crippen LogP contribution in [0.5, 0.6) is 0 Å². The monoisotopic (exact) mass is 189 g/mol. The van der Waals surface area contributed by atoms with Crippen LogP contribution in [-0.2, 0) is 4.79 Å². The lowest BCUT2D eigenvalue weighted by atomic mass is 9.95. The Bertz CT molecular complexity index is 380. The van der Waals surface area contributed by atoms with Crippen molar-refractivity contribution in [2.45, 2.75) is 19.4 Å². The average molecular weight is 189 g/mol. The summed E-state index contributed by atoms with van der Waals surface area (Å²) in [7, 11) is 1.98. The fourth-order valence-electron chi connectivity index (χ4n) is 1.63. The molecule has 5 heteroatoms. The molecule has 0 saturated carbocycles.